The Morgan fingerprint density at radius 2 is 1.89 bits per heavy atom. The predicted octanol–water partition coefficient (Wildman–Crippen LogP) is 4.64. The highest BCUT2D eigenvalue weighted by molar-refractivity contribution is 8.18. The number of esters is 1. The Morgan fingerprint density at radius 1 is 1.19 bits per heavy atom. The van der Waals surface area contributed by atoms with E-state index in [1.54, 1.807) is 24.3 Å². The normalized spacial score (nSPS) is 17.0. The van der Waals surface area contributed by atoms with Crippen LogP contribution in [0.4, 0.5) is 10.1 Å². The summed E-state index contributed by atoms with van der Waals surface area (Å²) in [5.74, 6) is -1.38. The number of aryl methyl sites for hydroxylation is 1. The molecule has 1 heterocycles. The van der Waals surface area contributed by atoms with Crippen molar-refractivity contribution in [3.05, 3.63) is 75.6 Å². The summed E-state index contributed by atoms with van der Waals surface area (Å²) in [6.45, 7) is 1.88. The number of aliphatic hydroxyl groups is 1. The molecule has 27 heavy (non-hydrogen) atoms. The Kier molecular flexibility index (Phi) is 5.32. The average molecular weight is 385 g/mol. The molecule has 7 heteroatoms. The van der Waals surface area contributed by atoms with Crippen molar-refractivity contribution in [3.63, 3.8) is 0 Å². The summed E-state index contributed by atoms with van der Waals surface area (Å²) in [5.41, 5.74) is 1.77. The quantitative estimate of drug-likeness (QED) is 0.753. The molecule has 5 nitrogen and oxygen atoms in total. The molecule has 0 saturated carbocycles. The fourth-order valence-electron chi connectivity index (χ4n) is 2.45. The lowest BCUT2D eigenvalue weighted by Crippen LogP contribution is -2.10. The van der Waals surface area contributed by atoms with Crippen molar-refractivity contribution in [1.29, 1.82) is 0 Å². The van der Waals surface area contributed by atoms with Crippen LogP contribution in [0, 0.1) is 12.7 Å². The molecule has 1 aliphatic heterocycles. The fourth-order valence-corrected chi connectivity index (χ4v) is 3.48. The van der Waals surface area contributed by atoms with Crippen LogP contribution >= 0.6 is 11.8 Å². The van der Waals surface area contributed by atoms with Gasteiger partial charge in [0.25, 0.3) is 0 Å². The van der Waals surface area contributed by atoms with Crippen molar-refractivity contribution in [2.24, 2.45) is 4.99 Å². The lowest BCUT2D eigenvalue weighted by atomic mass is 10.1. The fraction of sp³-hybridized carbons (Fsp3) is 0.100. The third kappa shape index (κ3) is 4.03. The van der Waals surface area contributed by atoms with Crippen LogP contribution in [0.15, 0.2) is 63.7 Å². The van der Waals surface area contributed by atoms with E-state index in [9.17, 15) is 19.4 Å². The van der Waals surface area contributed by atoms with Gasteiger partial charge >= 0.3 is 5.97 Å². The van der Waals surface area contributed by atoms with Crippen LogP contribution in [-0.4, -0.2) is 28.3 Å². The van der Waals surface area contributed by atoms with Crippen molar-refractivity contribution in [1.82, 2.24) is 0 Å². The van der Waals surface area contributed by atoms with Crippen molar-refractivity contribution in [2.45, 2.75) is 6.92 Å². The number of aliphatic hydroxyl groups excluding tert-OH is 1. The zero-order valence-electron chi connectivity index (χ0n) is 14.6. The number of halogens is 1. The van der Waals surface area contributed by atoms with Gasteiger partial charge in [-0.15, -0.1) is 0 Å². The number of carbonyl (C=O) groups is 1. The molecule has 2 aromatic carbocycles. The molecule has 3 rings (SSSR count). The molecule has 0 saturated heterocycles. The first-order chi connectivity index (χ1) is 12.9. The average Bonchev–Trinajstić information content (AvgIpc) is 2.94. The molecule has 0 amide bonds. The molecule has 1 aliphatic rings. The van der Waals surface area contributed by atoms with E-state index in [2.05, 4.69) is 4.99 Å². The minimum Gasteiger partial charge on any atom is -0.507 e. The highest BCUT2D eigenvalue weighted by atomic mass is 32.2. The number of phenolic OH excluding ortho intramolecular Hbond substituents is 1. The van der Waals surface area contributed by atoms with E-state index in [-0.39, 0.29) is 22.1 Å². The summed E-state index contributed by atoms with van der Waals surface area (Å²) in [6, 6.07) is 10.5. The number of phenols is 1. The van der Waals surface area contributed by atoms with Gasteiger partial charge in [0.2, 0.25) is 0 Å². The number of aromatic hydroxyl groups is 1. The highest BCUT2D eigenvalue weighted by Crippen LogP contribution is 2.41. The van der Waals surface area contributed by atoms with E-state index in [0.29, 0.717) is 16.2 Å². The van der Waals surface area contributed by atoms with Crippen molar-refractivity contribution >= 4 is 34.5 Å². The van der Waals surface area contributed by atoms with Gasteiger partial charge in [-0.05, 0) is 49.4 Å². The summed E-state index contributed by atoms with van der Waals surface area (Å²) in [6.07, 6.45) is 1.57. The zero-order chi connectivity index (χ0) is 19.6. The van der Waals surface area contributed by atoms with Crippen LogP contribution in [0.1, 0.15) is 11.1 Å². The van der Waals surface area contributed by atoms with Crippen molar-refractivity contribution < 1.29 is 24.1 Å². The Hall–Kier alpha value is -3.06. The van der Waals surface area contributed by atoms with E-state index in [4.69, 9.17) is 4.74 Å². The van der Waals surface area contributed by atoms with Crippen molar-refractivity contribution in [2.75, 3.05) is 7.11 Å². The van der Waals surface area contributed by atoms with E-state index in [1.807, 2.05) is 6.92 Å². The number of thioether (sulfide) groups is 1. The number of nitrogens with zero attached hydrogens (tertiary/aromatic N) is 1. The number of aliphatic imine (C=N–C) groups is 1. The molecule has 0 radical (unpaired) electrons. The molecule has 0 aromatic heterocycles. The van der Waals surface area contributed by atoms with Gasteiger partial charge in [-0.3, -0.25) is 0 Å². The lowest BCUT2D eigenvalue weighted by Gasteiger charge is -2.03. The molecule has 2 N–H and O–H groups in total. The Bertz CT molecular complexity index is 994. The molecule has 0 aliphatic carbocycles. The van der Waals surface area contributed by atoms with E-state index in [0.717, 1.165) is 17.3 Å². The standard InChI is InChI=1S/C20H16FNO4S/c1-11-3-8-15(23)12(9-11)10-16-18(24)17(20(25)26-2)19(27-16)22-14-6-4-13(21)5-7-14/h3-10,23-24H,1-2H3/b16-10+,22-19?. The number of methoxy groups -OCH3 is 1. The predicted molar refractivity (Wildman–Crippen MR) is 104 cm³/mol. The van der Waals surface area contributed by atoms with Crippen LogP contribution in [-0.2, 0) is 9.53 Å². The zero-order valence-corrected chi connectivity index (χ0v) is 15.4. The molecule has 138 valence electrons. The van der Waals surface area contributed by atoms with Crippen LogP contribution in [0.2, 0.25) is 0 Å². The number of hydrogen-bond acceptors (Lipinski definition) is 6. The Morgan fingerprint density at radius 3 is 2.56 bits per heavy atom. The largest absolute Gasteiger partial charge is 0.507 e. The second-order valence-corrected chi connectivity index (χ2v) is 6.81. The molecular formula is C20H16FNO4S. The van der Waals surface area contributed by atoms with Gasteiger partial charge in [-0.1, -0.05) is 23.4 Å². The van der Waals surface area contributed by atoms with Gasteiger partial charge in [-0.2, -0.15) is 0 Å². The Balaban J connectivity index is 2.07. The van der Waals surface area contributed by atoms with Gasteiger partial charge in [0.15, 0.2) is 0 Å². The molecule has 2 aromatic rings. The molecule has 0 bridgehead atoms. The summed E-state index contributed by atoms with van der Waals surface area (Å²) in [5, 5.41) is 20.8. The lowest BCUT2D eigenvalue weighted by molar-refractivity contribution is -0.135. The highest BCUT2D eigenvalue weighted by Gasteiger charge is 2.33. The van der Waals surface area contributed by atoms with Gasteiger partial charge in [-0.25, -0.2) is 14.2 Å². The molecule has 0 atom stereocenters. The van der Waals surface area contributed by atoms with E-state index < -0.39 is 11.8 Å². The van der Waals surface area contributed by atoms with Crippen LogP contribution in [0.25, 0.3) is 6.08 Å². The second-order valence-electron chi connectivity index (χ2n) is 5.78. The maximum Gasteiger partial charge on any atom is 0.344 e. The number of benzene rings is 2. The van der Waals surface area contributed by atoms with E-state index >= 15 is 0 Å². The van der Waals surface area contributed by atoms with Gasteiger partial charge in [0.05, 0.1) is 17.7 Å². The SMILES string of the molecule is COC(=O)C1=C(O)/C(=C\c2cc(C)ccc2O)SC1=Nc1ccc(F)cc1. The molecular weight excluding hydrogens is 369 g/mol. The third-order valence-corrected chi connectivity index (χ3v) is 4.83. The number of hydrogen-bond donors (Lipinski definition) is 2. The van der Waals surface area contributed by atoms with E-state index in [1.165, 1.54) is 31.4 Å². The maximum atomic E-state index is 13.1. The van der Waals surface area contributed by atoms with Gasteiger partial charge < -0.3 is 14.9 Å². The van der Waals surface area contributed by atoms with Gasteiger partial charge in [0, 0.05) is 5.56 Å². The summed E-state index contributed by atoms with van der Waals surface area (Å²) >= 11 is 1.06. The minimum atomic E-state index is -0.738. The minimum absolute atomic E-state index is 0.0463. The Labute approximate surface area is 159 Å². The topological polar surface area (TPSA) is 79.1 Å². The van der Waals surface area contributed by atoms with Crippen molar-refractivity contribution in [3.8, 4) is 5.75 Å². The summed E-state index contributed by atoms with van der Waals surface area (Å²) in [4.78, 5) is 16.8. The number of rotatable bonds is 3. The van der Waals surface area contributed by atoms with Crippen LogP contribution in [0.3, 0.4) is 0 Å². The van der Waals surface area contributed by atoms with Crippen LogP contribution < -0.4 is 0 Å². The number of ether oxygens (including phenoxy) is 1. The molecule has 0 spiro atoms. The van der Waals surface area contributed by atoms with Crippen LogP contribution in [0.5, 0.6) is 5.75 Å². The molecule has 0 fully saturated rings. The number of carbonyl (C=O) groups excluding carboxylic acids is 1. The maximum absolute atomic E-state index is 13.1. The monoisotopic (exact) mass is 385 g/mol. The first kappa shape index (κ1) is 18.7. The summed E-state index contributed by atoms with van der Waals surface area (Å²) in [7, 11) is 1.21. The first-order valence-corrected chi connectivity index (χ1v) is 8.76. The second kappa shape index (κ2) is 7.67. The molecule has 0 unspecified atom stereocenters. The van der Waals surface area contributed by atoms with Gasteiger partial charge in [0.1, 0.15) is 27.9 Å². The smallest absolute Gasteiger partial charge is 0.344 e. The summed E-state index contributed by atoms with van der Waals surface area (Å²) < 4.78 is 17.8. The third-order valence-electron chi connectivity index (χ3n) is 3.81. The first-order valence-electron chi connectivity index (χ1n) is 7.94.